The second-order valence-electron chi connectivity index (χ2n) is 6.61. The highest BCUT2D eigenvalue weighted by Crippen LogP contribution is 2.23. The number of amides is 1. The van der Waals surface area contributed by atoms with Gasteiger partial charge in [0.1, 0.15) is 11.4 Å². The topological polar surface area (TPSA) is 46.6 Å². The van der Waals surface area contributed by atoms with Gasteiger partial charge in [0.25, 0.3) is 0 Å². The number of ketones is 1. The predicted octanol–water partition coefficient (Wildman–Crippen LogP) is 3.66. The number of piperidine rings is 1. The number of hydrogen-bond acceptors (Lipinski definition) is 3. The van der Waals surface area contributed by atoms with E-state index >= 15 is 0 Å². The Morgan fingerprint density at radius 3 is 2.59 bits per heavy atom. The molecule has 1 atom stereocenters. The maximum absolute atomic E-state index is 13.7. The summed E-state index contributed by atoms with van der Waals surface area (Å²) in [6.45, 7) is 6.25. The first kappa shape index (κ1) is 16.5. The van der Waals surface area contributed by atoms with Crippen LogP contribution >= 0.6 is 0 Å². The highest BCUT2D eigenvalue weighted by atomic mass is 19.1. The van der Waals surface area contributed by atoms with E-state index in [1.807, 2.05) is 0 Å². The van der Waals surface area contributed by atoms with Gasteiger partial charge in [0.15, 0.2) is 5.78 Å². The molecule has 0 radical (unpaired) electrons. The summed E-state index contributed by atoms with van der Waals surface area (Å²) in [6, 6.07) is 5.97. The summed E-state index contributed by atoms with van der Waals surface area (Å²) >= 11 is 0. The Kier molecular flexibility index (Phi) is 4.84. The van der Waals surface area contributed by atoms with Crippen LogP contribution in [0.15, 0.2) is 24.3 Å². The van der Waals surface area contributed by atoms with E-state index in [1.165, 1.54) is 17.0 Å². The number of hydrogen-bond donors (Lipinski definition) is 0. The number of benzene rings is 1. The summed E-state index contributed by atoms with van der Waals surface area (Å²) in [5.74, 6) is -1.13. The van der Waals surface area contributed by atoms with Gasteiger partial charge >= 0.3 is 6.09 Å². The molecule has 0 N–H and O–H groups in total. The fourth-order valence-electron chi connectivity index (χ4n) is 2.56. The van der Waals surface area contributed by atoms with Crippen LogP contribution < -0.4 is 0 Å². The molecule has 120 valence electrons. The molecule has 1 aliphatic heterocycles. The van der Waals surface area contributed by atoms with Crippen LogP contribution in [0.2, 0.25) is 0 Å². The van der Waals surface area contributed by atoms with Crippen molar-refractivity contribution in [2.75, 3.05) is 13.1 Å². The average molecular weight is 307 g/mol. The quantitative estimate of drug-likeness (QED) is 0.783. The second kappa shape index (κ2) is 6.46. The third-order valence-electron chi connectivity index (χ3n) is 3.58. The van der Waals surface area contributed by atoms with Crippen LogP contribution in [-0.4, -0.2) is 35.5 Å². The van der Waals surface area contributed by atoms with Gasteiger partial charge in [0, 0.05) is 19.0 Å². The Morgan fingerprint density at radius 1 is 1.27 bits per heavy atom. The molecule has 1 heterocycles. The molecule has 5 heteroatoms. The third-order valence-corrected chi connectivity index (χ3v) is 3.58. The van der Waals surface area contributed by atoms with Crippen LogP contribution in [0.25, 0.3) is 0 Å². The number of halogens is 1. The van der Waals surface area contributed by atoms with Crippen molar-refractivity contribution >= 4 is 11.9 Å². The predicted molar refractivity (Wildman–Crippen MR) is 81.3 cm³/mol. The first-order valence-electron chi connectivity index (χ1n) is 7.54. The fraction of sp³-hybridized carbons (Fsp3) is 0.529. The molecule has 1 amide bonds. The van der Waals surface area contributed by atoms with Gasteiger partial charge in [-0.25, -0.2) is 9.18 Å². The Labute approximate surface area is 130 Å². The highest BCUT2D eigenvalue weighted by Gasteiger charge is 2.32. The van der Waals surface area contributed by atoms with Crippen molar-refractivity contribution in [1.29, 1.82) is 0 Å². The molecule has 22 heavy (non-hydrogen) atoms. The molecule has 0 saturated carbocycles. The number of ether oxygens (including phenoxy) is 1. The zero-order valence-corrected chi connectivity index (χ0v) is 13.3. The van der Waals surface area contributed by atoms with Crippen molar-refractivity contribution in [3.8, 4) is 0 Å². The molecule has 1 aromatic carbocycles. The van der Waals surface area contributed by atoms with Crippen molar-refractivity contribution in [3.63, 3.8) is 0 Å². The molecular weight excluding hydrogens is 285 g/mol. The lowest BCUT2D eigenvalue weighted by Crippen LogP contribution is -2.44. The Morgan fingerprint density at radius 2 is 1.95 bits per heavy atom. The molecule has 1 aliphatic rings. The first-order valence-corrected chi connectivity index (χ1v) is 7.54. The van der Waals surface area contributed by atoms with Gasteiger partial charge in [-0.05, 0) is 45.7 Å². The number of likely N-dealkylation sites (tertiary alicyclic amines) is 1. The summed E-state index contributed by atoms with van der Waals surface area (Å²) in [7, 11) is 0. The van der Waals surface area contributed by atoms with Crippen LogP contribution in [0.4, 0.5) is 9.18 Å². The number of carbonyl (C=O) groups excluding carboxylic acids is 2. The Bertz CT molecular complexity index is 565. The lowest BCUT2D eigenvalue weighted by molar-refractivity contribution is 0.0172. The second-order valence-corrected chi connectivity index (χ2v) is 6.61. The number of Topliss-reactive ketones (excluding diaryl/α,β-unsaturated/α-hetero) is 1. The van der Waals surface area contributed by atoms with Crippen molar-refractivity contribution in [2.24, 2.45) is 5.92 Å². The summed E-state index contributed by atoms with van der Waals surface area (Å²) in [5.41, 5.74) is -0.474. The zero-order valence-electron chi connectivity index (χ0n) is 13.3. The molecule has 0 aromatic heterocycles. The van der Waals surface area contributed by atoms with Gasteiger partial charge in [-0.3, -0.25) is 4.79 Å². The molecule has 1 fully saturated rings. The summed E-state index contributed by atoms with van der Waals surface area (Å²) in [5, 5.41) is 0. The SMILES string of the molecule is CC(C)(C)OC(=O)N1CCC[C@H](C(=O)c2ccccc2F)C1. The van der Waals surface area contributed by atoms with Crippen molar-refractivity contribution in [1.82, 2.24) is 4.90 Å². The van der Waals surface area contributed by atoms with Gasteiger partial charge < -0.3 is 9.64 Å². The van der Waals surface area contributed by atoms with E-state index in [-0.39, 0.29) is 23.8 Å². The van der Waals surface area contributed by atoms with E-state index in [2.05, 4.69) is 0 Å². The average Bonchev–Trinajstić information content (AvgIpc) is 2.45. The third kappa shape index (κ3) is 4.06. The Balaban J connectivity index is 2.06. The number of carbonyl (C=O) groups is 2. The van der Waals surface area contributed by atoms with E-state index in [1.54, 1.807) is 32.9 Å². The molecule has 1 aromatic rings. The van der Waals surface area contributed by atoms with Crippen molar-refractivity contribution in [2.45, 2.75) is 39.2 Å². The van der Waals surface area contributed by atoms with Crippen molar-refractivity contribution < 1.29 is 18.7 Å². The van der Waals surface area contributed by atoms with Crippen molar-refractivity contribution in [3.05, 3.63) is 35.6 Å². The maximum Gasteiger partial charge on any atom is 0.410 e. The Hall–Kier alpha value is -1.91. The molecule has 0 spiro atoms. The van der Waals surface area contributed by atoms with Crippen LogP contribution in [0.5, 0.6) is 0 Å². The smallest absolute Gasteiger partial charge is 0.410 e. The molecule has 0 bridgehead atoms. The normalized spacial score (nSPS) is 18.9. The molecule has 1 saturated heterocycles. The number of rotatable bonds is 2. The van der Waals surface area contributed by atoms with Crippen LogP contribution in [0, 0.1) is 11.7 Å². The lowest BCUT2D eigenvalue weighted by Gasteiger charge is -2.33. The minimum atomic E-state index is -0.570. The minimum absolute atomic E-state index is 0.0959. The van der Waals surface area contributed by atoms with Gasteiger partial charge in [-0.2, -0.15) is 0 Å². The van der Waals surface area contributed by atoms with Gasteiger partial charge in [-0.1, -0.05) is 12.1 Å². The molecule has 0 aliphatic carbocycles. The monoisotopic (exact) mass is 307 g/mol. The standard InChI is InChI=1S/C17H22FNO3/c1-17(2,3)22-16(21)19-10-6-7-12(11-19)15(20)13-8-4-5-9-14(13)18/h4-5,8-9,12H,6-7,10-11H2,1-3H3/t12-/m0/s1. The van der Waals surface area contributed by atoms with E-state index in [9.17, 15) is 14.0 Å². The first-order chi connectivity index (χ1) is 10.3. The van der Waals surface area contributed by atoms with Gasteiger partial charge in [0.2, 0.25) is 0 Å². The van der Waals surface area contributed by atoms with Crippen LogP contribution in [0.1, 0.15) is 44.0 Å². The summed E-state index contributed by atoms with van der Waals surface area (Å²) in [6.07, 6.45) is 0.954. The zero-order chi connectivity index (χ0) is 16.3. The molecule has 0 unspecified atom stereocenters. The summed E-state index contributed by atoms with van der Waals surface area (Å²) < 4.78 is 19.1. The molecular formula is C17H22FNO3. The minimum Gasteiger partial charge on any atom is -0.444 e. The molecule has 2 rings (SSSR count). The van der Waals surface area contributed by atoms with E-state index in [0.29, 0.717) is 19.4 Å². The van der Waals surface area contributed by atoms with Crippen LogP contribution in [0.3, 0.4) is 0 Å². The highest BCUT2D eigenvalue weighted by molar-refractivity contribution is 5.98. The maximum atomic E-state index is 13.7. The molecule has 4 nitrogen and oxygen atoms in total. The largest absolute Gasteiger partial charge is 0.444 e. The fourth-order valence-corrected chi connectivity index (χ4v) is 2.56. The van der Waals surface area contributed by atoms with Gasteiger partial charge in [0.05, 0.1) is 5.56 Å². The van der Waals surface area contributed by atoms with E-state index in [4.69, 9.17) is 4.74 Å². The lowest BCUT2D eigenvalue weighted by atomic mass is 9.90. The van der Waals surface area contributed by atoms with E-state index in [0.717, 1.165) is 0 Å². The van der Waals surface area contributed by atoms with Crippen LogP contribution in [-0.2, 0) is 4.74 Å². The van der Waals surface area contributed by atoms with Gasteiger partial charge in [-0.15, -0.1) is 0 Å². The summed E-state index contributed by atoms with van der Waals surface area (Å²) in [4.78, 5) is 26.1. The van der Waals surface area contributed by atoms with E-state index < -0.39 is 17.5 Å². The number of nitrogens with zero attached hydrogens (tertiary/aromatic N) is 1.